The molecular formula is C15H27N3O2S. The molecule has 1 heterocycles. The number of hydrogen-bond acceptors (Lipinski definition) is 5. The van der Waals surface area contributed by atoms with E-state index in [0.717, 1.165) is 49.3 Å². The highest BCUT2D eigenvalue weighted by Crippen LogP contribution is 2.20. The van der Waals surface area contributed by atoms with Crippen LogP contribution in [-0.2, 0) is 16.3 Å². The van der Waals surface area contributed by atoms with Crippen LogP contribution >= 0.6 is 0 Å². The minimum atomic E-state index is -3.16. The highest BCUT2D eigenvalue weighted by Gasteiger charge is 2.21. The Morgan fingerprint density at radius 2 is 1.71 bits per heavy atom. The Labute approximate surface area is 128 Å². The lowest BCUT2D eigenvalue weighted by Gasteiger charge is -2.14. The zero-order valence-electron chi connectivity index (χ0n) is 13.7. The lowest BCUT2D eigenvalue weighted by molar-refractivity contribution is 0.588. The monoisotopic (exact) mass is 313 g/mol. The lowest BCUT2D eigenvalue weighted by Crippen LogP contribution is -2.18. The summed E-state index contributed by atoms with van der Waals surface area (Å²) in [6.45, 7) is 9.67. The highest BCUT2D eigenvalue weighted by molar-refractivity contribution is 7.90. The van der Waals surface area contributed by atoms with Gasteiger partial charge in [-0.2, -0.15) is 0 Å². The summed E-state index contributed by atoms with van der Waals surface area (Å²) >= 11 is 0. The van der Waals surface area contributed by atoms with Crippen LogP contribution in [0.4, 0.5) is 0 Å². The van der Waals surface area contributed by atoms with Gasteiger partial charge in [-0.15, -0.1) is 0 Å². The number of aryl methyl sites for hydroxylation is 2. The van der Waals surface area contributed by atoms with Crippen molar-refractivity contribution in [2.24, 2.45) is 0 Å². The van der Waals surface area contributed by atoms with Gasteiger partial charge < -0.3 is 5.32 Å². The van der Waals surface area contributed by atoms with Crippen LogP contribution in [0.2, 0.25) is 0 Å². The van der Waals surface area contributed by atoms with Gasteiger partial charge in [0.2, 0.25) is 0 Å². The maximum atomic E-state index is 11.6. The van der Waals surface area contributed by atoms with E-state index in [9.17, 15) is 8.42 Å². The molecule has 1 aromatic heterocycles. The Morgan fingerprint density at radius 1 is 1.14 bits per heavy atom. The Bertz CT molecular complexity index is 547. The minimum Gasteiger partial charge on any atom is -0.317 e. The van der Waals surface area contributed by atoms with E-state index in [2.05, 4.69) is 22.2 Å². The largest absolute Gasteiger partial charge is 0.317 e. The van der Waals surface area contributed by atoms with Gasteiger partial charge in [-0.25, -0.2) is 18.4 Å². The fourth-order valence-corrected chi connectivity index (χ4v) is 2.68. The fraction of sp³-hybridized carbons (Fsp3) is 0.733. The summed E-state index contributed by atoms with van der Waals surface area (Å²) in [6.07, 6.45) is 4.31. The molecule has 0 radical (unpaired) electrons. The van der Waals surface area contributed by atoms with E-state index in [1.165, 1.54) is 6.26 Å². The minimum absolute atomic E-state index is 0.403. The number of aromatic nitrogens is 2. The first-order valence-corrected chi connectivity index (χ1v) is 9.46. The number of rotatable bonds is 8. The molecule has 1 unspecified atom stereocenters. The van der Waals surface area contributed by atoms with Crippen molar-refractivity contribution in [1.82, 2.24) is 15.3 Å². The summed E-state index contributed by atoms with van der Waals surface area (Å²) in [6, 6.07) is 0. The Kier molecular flexibility index (Phi) is 6.74. The number of nitrogens with zero attached hydrogens (tertiary/aromatic N) is 2. The van der Waals surface area contributed by atoms with E-state index in [0.29, 0.717) is 5.82 Å². The van der Waals surface area contributed by atoms with Crippen molar-refractivity contribution in [3.63, 3.8) is 0 Å². The number of nitrogens with one attached hydrogen (secondary N) is 1. The first-order valence-electron chi connectivity index (χ1n) is 7.51. The van der Waals surface area contributed by atoms with Crippen molar-refractivity contribution in [2.75, 3.05) is 19.3 Å². The molecule has 5 nitrogen and oxygen atoms in total. The molecule has 0 aliphatic rings. The van der Waals surface area contributed by atoms with Gasteiger partial charge in [-0.3, -0.25) is 0 Å². The van der Waals surface area contributed by atoms with Crippen LogP contribution in [0.5, 0.6) is 0 Å². The topological polar surface area (TPSA) is 72.0 Å². The van der Waals surface area contributed by atoms with E-state index in [1.54, 1.807) is 6.92 Å². The predicted molar refractivity (Wildman–Crippen MR) is 86.2 cm³/mol. The first-order chi connectivity index (χ1) is 9.77. The van der Waals surface area contributed by atoms with Crippen molar-refractivity contribution in [1.29, 1.82) is 0 Å². The van der Waals surface area contributed by atoms with Crippen LogP contribution in [0.3, 0.4) is 0 Å². The molecule has 0 bridgehead atoms. The van der Waals surface area contributed by atoms with E-state index in [-0.39, 0.29) is 0 Å². The summed E-state index contributed by atoms with van der Waals surface area (Å²) < 4.78 is 23.2. The van der Waals surface area contributed by atoms with E-state index >= 15 is 0 Å². The van der Waals surface area contributed by atoms with Gasteiger partial charge in [0.25, 0.3) is 0 Å². The van der Waals surface area contributed by atoms with Gasteiger partial charge in [0.15, 0.2) is 9.84 Å². The molecule has 0 spiro atoms. The molecule has 0 saturated heterocycles. The second-order valence-electron chi connectivity index (χ2n) is 5.56. The number of hydrogen-bond donors (Lipinski definition) is 1. The third kappa shape index (κ3) is 5.36. The molecule has 0 aliphatic heterocycles. The normalized spacial score (nSPS) is 13.4. The molecule has 1 atom stereocenters. The average molecular weight is 313 g/mol. The SMILES string of the molecule is CCCNCCCc1c(C)nc(C(C)S(C)(=O)=O)nc1C. The van der Waals surface area contributed by atoms with Crippen molar-refractivity contribution < 1.29 is 8.42 Å². The highest BCUT2D eigenvalue weighted by atomic mass is 32.2. The molecule has 1 aromatic rings. The molecular weight excluding hydrogens is 286 g/mol. The van der Waals surface area contributed by atoms with Crippen LogP contribution < -0.4 is 5.32 Å². The third-order valence-electron chi connectivity index (χ3n) is 3.65. The van der Waals surface area contributed by atoms with Crippen molar-refractivity contribution in [3.8, 4) is 0 Å². The maximum absolute atomic E-state index is 11.6. The van der Waals surface area contributed by atoms with Crippen LogP contribution in [0, 0.1) is 13.8 Å². The maximum Gasteiger partial charge on any atom is 0.157 e. The fourth-order valence-electron chi connectivity index (χ4n) is 2.19. The number of sulfone groups is 1. The van der Waals surface area contributed by atoms with Gasteiger partial charge in [0, 0.05) is 17.6 Å². The molecule has 0 fully saturated rings. The summed E-state index contributed by atoms with van der Waals surface area (Å²) in [7, 11) is -3.16. The molecule has 0 saturated carbocycles. The lowest BCUT2D eigenvalue weighted by atomic mass is 10.1. The van der Waals surface area contributed by atoms with E-state index in [1.807, 2.05) is 13.8 Å². The second-order valence-corrected chi connectivity index (χ2v) is 7.92. The standard InChI is InChI=1S/C15H27N3O2S/c1-6-9-16-10-7-8-14-11(2)17-15(18-12(14)3)13(4)21(5,19)20/h13,16H,6-10H2,1-5H3. The smallest absolute Gasteiger partial charge is 0.157 e. The molecule has 6 heteroatoms. The Morgan fingerprint density at radius 3 is 2.19 bits per heavy atom. The van der Waals surface area contributed by atoms with Crippen molar-refractivity contribution >= 4 is 9.84 Å². The van der Waals surface area contributed by atoms with Crippen molar-refractivity contribution in [2.45, 2.75) is 52.2 Å². The zero-order chi connectivity index (χ0) is 16.0. The summed E-state index contributed by atoms with van der Waals surface area (Å²) in [4.78, 5) is 8.81. The van der Waals surface area contributed by atoms with Crippen LogP contribution in [0.25, 0.3) is 0 Å². The molecule has 0 aromatic carbocycles. The summed E-state index contributed by atoms with van der Waals surface area (Å²) in [5, 5.41) is 2.72. The zero-order valence-corrected chi connectivity index (χ0v) is 14.5. The van der Waals surface area contributed by atoms with Gasteiger partial charge in [0.1, 0.15) is 11.1 Å². The molecule has 0 aliphatic carbocycles. The van der Waals surface area contributed by atoms with Gasteiger partial charge in [-0.05, 0) is 58.7 Å². The summed E-state index contributed by atoms with van der Waals surface area (Å²) in [5.41, 5.74) is 2.92. The third-order valence-corrected chi connectivity index (χ3v) is 5.15. The molecule has 1 rings (SSSR count). The van der Waals surface area contributed by atoms with Crippen LogP contribution in [-0.4, -0.2) is 37.7 Å². The average Bonchev–Trinajstić information content (AvgIpc) is 2.39. The van der Waals surface area contributed by atoms with Gasteiger partial charge in [0.05, 0.1) is 0 Å². The quantitative estimate of drug-likeness (QED) is 0.744. The second kappa shape index (κ2) is 7.84. The summed E-state index contributed by atoms with van der Waals surface area (Å²) in [5.74, 6) is 0.403. The molecule has 120 valence electrons. The first kappa shape index (κ1) is 18.0. The van der Waals surface area contributed by atoms with E-state index in [4.69, 9.17) is 0 Å². The Balaban J connectivity index is 2.81. The molecule has 0 amide bonds. The van der Waals surface area contributed by atoms with Crippen molar-refractivity contribution in [3.05, 3.63) is 22.8 Å². The van der Waals surface area contributed by atoms with Gasteiger partial charge >= 0.3 is 0 Å². The van der Waals surface area contributed by atoms with Gasteiger partial charge in [-0.1, -0.05) is 6.92 Å². The Hall–Kier alpha value is -1.01. The van der Waals surface area contributed by atoms with E-state index < -0.39 is 15.1 Å². The predicted octanol–water partition coefficient (Wildman–Crippen LogP) is 2.13. The van der Waals surface area contributed by atoms with Crippen LogP contribution in [0.1, 0.15) is 54.7 Å². The molecule has 1 N–H and O–H groups in total. The van der Waals surface area contributed by atoms with Crippen LogP contribution in [0.15, 0.2) is 0 Å². The molecule has 21 heavy (non-hydrogen) atoms.